The predicted octanol–water partition coefficient (Wildman–Crippen LogP) is -0.118. The topological polar surface area (TPSA) is 70.7 Å². The summed E-state index contributed by atoms with van der Waals surface area (Å²) in [6.45, 7) is 3.77. The molecule has 21 heavy (non-hydrogen) atoms. The van der Waals surface area contributed by atoms with Crippen LogP contribution in [-0.2, 0) is 14.3 Å². The number of ether oxygens (including phenoxy) is 1. The molecule has 0 aromatic carbocycles. The van der Waals surface area contributed by atoms with E-state index in [-0.39, 0.29) is 30.4 Å². The van der Waals surface area contributed by atoms with Crippen molar-refractivity contribution in [3.8, 4) is 0 Å². The van der Waals surface area contributed by atoms with E-state index in [4.69, 9.17) is 4.74 Å². The van der Waals surface area contributed by atoms with Crippen molar-refractivity contribution in [3.63, 3.8) is 0 Å². The molecule has 1 saturated carbocycles. The van der Waals surface area contributed by atoms with Gasteiger partial charge in [-0.3, -0.25) is 9.59 Å². The lowest BCUT2D eigenvalue weighted by Crippen LogP contribution is -2.56. The molecule has 0 radical (unpaired) electrons. The molecule has 2 heterocycles. The lowest BCUT2D eigenvalue weighted by Gasteiger charge is -2.33. The van der Waals surface area contributed by atoms with Gasteiger partial charge in [0.25, 0.3) is 0 Å². The number of hydrogen-bond acceptors (Lipinski definition) is 4. The molecule has 2 unspecified atom stereocenters. The fourth-order valence-electron chi connectivity index (χ4n) is 3.04. The fourth-order valence-corrected chi connectivity index (χ4v) is 3.04. The summed E-state index contributed by atoms with van der Waals surface area (Å²) < 4.78 is 5.48. The van der Waals surface area contributed by atoms with Crippen LogP contribution in [0.1, 0.15) is 32.1 Å². The number of nitrogens with one attached hydrogen (secondary N) is 2. The summed E-state index contributed by atoms with van der Waals surface area (Å²) >= 11 is 0. The molecule has 3 fully saturated rings. The summed E-state index contributed by atoms with van der Waals surface area (Å²) in [6, 6.07) is -0.359. The first-order valence-electron chi connectivity index (χ1n) is 8.13. The van der Waals surface area contributed by atoms with E-state index >= 15 is 0 Å². The van der Waals surface area contributed by atoms with Crippen molar-refractivity contribution in [1.29, 1.82) is 0 Å². The number of nitrogens with zero attached hydrogens (tertiary/aromatic N) is 1. The third-order valence-corrected chi connectivity index (χ3v) is 4.50. The molecule has 6 heteroatoms. The fraction of sp³-hybridized carbons (Fsp3) is 0.867. The summed E-state index contributed by atoms with van der Waals surface area (Å²) in [6.07, 6.45) is 4.94. The normalized spacial score (nSPS) is 29.7. The summed E-state index contributed by atoms with van der Waals surface area (Å²) in [5.74, 6) is 0.714. The van der Waals surface area contributed by atoms with Gasteiger partial charge in [-0.1, -0.05) is 0 Å². The van der Waals surface area contributed by atoms with E-state index in [0.717, 1.165) is 39.1 Å². The first-order valence-corrected chi connectivity index (χ1v) is 8.13. The molecule has 2 atom stereocenters. The highest BCUT2D eigenvalue weighted by atomic mass is 16.5. The standard InChI is InChI=1S/C15H25N3O3/c19-14(17-9-12-2-1-7-21-12)8-13-15(20)18(6-5-16-13)10-11-3-4-11/h11-13,16H,1-10H2,(H,17,19). The van der Waals surface area contributed by atoms with E-state index in [0.29, 0.717) is 12.5 Å². The molecular weight excluding hydrogens is 270 g/mol. The van der Waals surface area contributed by atoms with Gasteiger partial charge in [0.2, 0.25) is 11.8 Å². The smallest absolute Gasteiger partial charge is 0.240 e. The number of rotatable bonds is 6. The molecule has 0 bridgehead atoms. The van der Waals surface area contributed by atoms with Crippen molar-refractivity contribution >= 4 is 11.8 Å². The molecule has 2 saturated heterocycles. The number of amides is 2. The van der Waals surface area contributed by atoms with Gasteiger partial charge >= 0.3 is 0 Å². The molecule has 0 spiro atoms. The van der Waals surface area contributed by atoms with Gasteiger partial charge in [0.1, 0.15) is 0 Å². The summed E-state index contributed by atoms with van der Waals surface area (Å²) in [5, 5.41) is 6.05. The van der Waals surface area contributed by atoms with Crippen LogP contribution >= 0.6 is 0 Å². The largest absolute Gasteiger partial charge is 0.376 e. The zero-order chi connectivity index (χ0) is 14.7. The van der Waals surface area contributed by atoms with Gasteiger partial charge < -0.3 is 20.3 Å². The van der Waals surface area contributed by atoms with Gasteiger partial charge in [-0.05, 0) is 31.6 Å². The van der Waals surface area contributed by atoms with Crippen LogP contribution in [-0.4, -0.2) is 61.6 Å². The van der Waals surface area contributed by atoms with E-state index in [1.165, 1.54) is 12.8 Å². The lowest BCUT2D eigenvalue weighted by atomic mass is 10.1. The van der Waals surface area contributed by atoms with Gasteiger partial charge in [-0.15, -0.1) is 0 Å². The second-order valence-corrected chi connectivity index (χ2v) is 6.38. The third kappa shape index (κ3) is 4.17. The maximum Gasteiger partial charge on any atom is 0.240 e. The monoisotopic (exact) mass is 295 g/mol. The Bertz CT molecular complexity index is 392. The second kappa shape index (κ2) is 6.75. The number of carbonyl (C=O) groups excluding carboxylic acids is 2. The van der Waals surface area contributed by atoms with E-state index in [1.807, 2.05) is 4.90 Å². The van der Waals surface area contributed by atoms with E-state index in [1.54, 1.807) is 0 Å². The molecule has 2 aliphatic heterocycles. The zero-order valence-corrected chi connectivity index (χ0v) is 12.5. The average Bonchev–Trinajstić information content (AvgIpc) is 3.13. The van der Waals surface area contributed by atoms with E-state index in [2.05, 4.69) is 10.6 Å². The Kier molecular flexibility index (Phi) is 4.75. The molecule has 3 rings (SSSR count). The Balaban J connectivity index is 1.41. The van der Waals surface area contributed by atoms with Crippen LogP contribution in [0.2, 0.25) is 0 Å². The van der Waals surface area contributed by atoms with Crippen LogP contribution in [0.15, 0.2) is 0 Å². The molecule has 2 amide bonds. The minimum Gasteiger partial charge on any atom is -0.376 e. The van der Waals surface area contributed by atoms with Crippen LogP contribution in [0.5, 0.6) is 0 Å². The molecule has 0 aromatic heterocycles. The highest BCUT2D eigenvalue weighted by Gasteiger charge is 2.33. The molecule has 3 aliphatic rings. The van der Waals surface area contributed by atoms with Gasteiger partial charge in [0.05, 0.1) is 18.6 Å². The highest BCUT2D eigenvalue weighted by molar-refractivity contribution is 5.88. The minimum atomic E-state index is -0.359. The second-order valence-electron chi connectivity index (χ2n) is 6.38. The highest BCUT2D eigenvalue weighted by Crippen LogP contribution is 2.30. The van der Waals surface area contributed by atoms with E-state index < -0.39 is 0 Å². The van der Waals surface area contributed by atoms with Crippen LogP contribution in [0.25, 0.3) is 0 Å². The third-order valence-electron chi connectivity index (χ3n) is 4.50. The maximum atomic E-state index is 12.3. The molecule has 118 valence electrons. The van der Waals surface area contributed by atoms with E-state index in [9.17, 15) is 9.59 Å². The predicted molar refractivity (Wildman–Crippen MR) is 77.7 cm³/mol. The minimum absolute atomic E-state index is 0.0652. The van der Waals surface area contributed by atoms with Crippen molar-refractivity contribution in [2.24, 2.45) is 5.92 Å². The summed E-state index contributed by atoms with van der Waals surface area (Å²) in [7, 11) is 0. The average molecular weight is 295 g/mol. The van der Waals surface area contributed by atoms with Crippen molar-refractivity contribution in [3.05, 3.63) is 0 Å². The number of hydrogen-bond donors (Lipinski definition) is 2. The SMILES string of the molecule is O=C(CC1NCCN(CC2CC2)C1=O)NCC1CCCO1. The van der Waals surface area contributed by atoms with Crippen molar-refractivity contribution in [2.45, 2.75) is 44.2 Å². The summed E-state index contributed by atoms with van der Waals surface area (Å²) in [4.78, 5) is 26.2. The summed E-state index contributed by atoms with van der Waals surface area (Å²) in [5.41, 5.74) is 0. The van der Waals surface area contributed by atoms with Gasteiger partial charge in [0.15, 0.2) is 0 Å². The first kappa shape index (κ1) is 14.8. The number of piperazine rings is 1. The van der Waals surface area contributed by atoms with Gasteiger partial charge in [-0.2, -0.15) is 0 Å². The van der Waals surface area contributed by atoms with Crippen molar-refractivity contribution in [2.75, 3.05) is 32.8 Å². The van der Waals surface area contributed by atoms with Crippen LogP contribution in [0.3, 0.4) is 0 Å². The quantitative estimate of drug-likeness (QED) is 0.717. The van der Waals surface area contributed by atoms with Gasteiger partial charge in [0, 0.05) is 32.8 Å². The zero-order valence-electron chi connectivity index (χ0n) is 12.5. The Morgan fingerprint density at radius 1 is 1.38 bits per heavy atom. The molecule has 6 nitrogen and oxygen atoms in total. The lowest BCUT2D eigenvalue weighted by molar-refractivity contribution is -0.138. The van der Waals surface area contributed by atoms with Crippen molar-refractivity contribution in [1.82, 2.24) is 15.5 Å². The van der Waals surface area contributed by atoms with Gasteiger partial charge in [-0.25, -0.2) is 0 Å². The number of carbonyl (C=O) groups is 2. The Labute approximate surface area is 125 Å². The van der Waals surface area contributed by atoms with Crippen LogP contribution < -0.4 is 10.6 Å². The first-order chi connectivity index (χ1) is 10.2. The molecule has 2 N–H and O–H groups in total. The Morgan fingerprint density at radius 2 is 2.24 bits per heavy atom. The van der Waals surface area contributed by atoms with Crippen LogP contribution in [0, 0.1) is 5.92 Å². The van der Waals surface area contributed by atoms with Crippen molar-refractivity contribution < 1.29 is 14.3 Å². The molecule has 1 aliphatic carbocycles. The Hall–Kier alpha value is -1.14. The molecule has 0 aromatic rings. The maximum absolute atomic E-state index is 12.3. The molecular formula is C15H25N3O3. The Morgan fingerprint density at radius 3 is 2.95 bits per heavy atom. The van der Waals surface area contributed by atoms with Crippen LogP contribution in [0.4, 0.5) is 0 Å².